The second-order valence-electron chi connectivity index (χ2n) is 6.44. The fourth-order valence-electron chi connectivity index (χ4n) is 2.56. The third-order valence-corrected chi connectivity index (χ3v) is 6.10. The van der Waals surface area contributed by atoms with Crippen molar-refractivity contribution >= 4 is 21.4 Å². The minimum atomic E-state index is -4.90. The second-order valence-corrected chi connectivity index (χ2v) is 8.72. The summed E-state index contributed by atoms with van der Waals surface area (Å²) in [7, 11) is -3.44. The third kappa shape index (κ3) is 4.36. The van der Waals surface area contributed by atoms with Gasteiger partial charge in [0.25, 0.3) is 0 Å². The lowest BCUT2D eigenvalue weighted by molar-refractivity contribution is -0.258. The van der Waals surface area contributed by atoms with Crippen molar-refractivity contribution in [3.8, 4) is 11.1 Å². The fourth-order valence-corrected chi connectivity index (χ4v) is 3.44. The number of aliphatic hydroxyl groups is 1. The van der Waals surface area contributed by atoms with Crippen LogP contribution in [-0.4, -0.2) is 31.4 Å². The molecule has 152 valence electrons. The van der Waals surface area contributed by atoms with Crippen molar-refractivity contribution in [3.05, 3.63) is 48.0 Å². The van der Waals surface area contributed by atoms with Crippen molar-refractivity contribution in [1.29, 1.82) is 0 Å². The highest BCUT2D eigenvalue weighted by Crippen LogP contribution is 2.41. The molecule has 0 aliphatic rings. The van der Waals surface area contributed by atoms with E-state index in [1.807, 2.05) is 0 Å². The molecule has 5 nitrogen and oxygen atoms in total. The number of nitrogens with one attached hydrogen (secondary N) is 1. The lowest BCUT2D eigenvalue weighted by Gasteiger charge is -2.27. The molecule has 9 heteroatoms. The molecule has 0 aromatic heterocycles. The standard InChI is InChI=1S/C19H20F3NO4S/c1-4-28(26,27)15-8-5-13(6-9-15)16-11-14(18(3,25)19(20,21)22)7-10-17(16)23-12(2)24/h5-11,25H,4H2,1-3H3,(H,23,24). The predicted octanol–water partition coefficient (Wildman–Crippen LogP) is 3.88. The molecule has 0 bridgehead atoms. The number of benzene rings is 2. The number of carbonyl (C=O) groups excluding carboxylic acids is 1. The van der Waals surface area contributed by atoms with Gasteiger partial charge in [0, 0.05) is 18.2 Å². The van der Waals surface area contributed by atoms with Crippen molar-refractivity contribution in [1.82, 2.24) is 0 Å². The van der Waals surface area contributed by atoms with Gasteiger partial charge in [-0.25, -0.2) is 8.42 Å². The normalized spacial score (nSPS) is 14.4. The first-order valence-corrected chi connectivity index (χ1v) is 9.99. The van der Waals surface area contributed by atoms with Crippen LogP contribution in [0.2, 0.25) is 0 Å². The van der Waals surface area contributed by atoms with Crippen LogP contribution in [0.15, 0.2) is 47.4 Å². The largest absolute Gasteiger partial charge is 0.421 e. The van der Waals surface area contributed by atoms with Gasteiger partial charge in [0.05, 0.1) is 10.6 Å². The van der Waals surface area contributed by atoms with Crippen LogP contribution in [0.5, 0.6) is 0 Å². The molecule has 0 aliphatic carbocycles. The zero-order valence-electron chi connectivity index (χ0n) is 15.5. The van der Waals surface area contributed by atoms with Crippen LogP contribution in [0.4, 0.5) is 18.9 Å². The van der Waals surface area contributed by atoms with Crippen LogP contribution in [0.25, 0.3) is 11.1 Å². The van der Waals surface area contributed by atoms with Crippen molar-refractivity contribution in [2.75, 3.05) is 11.1 Å². The number of halogens is 3. The topological polar surface area (TPSA) is 83.5 Å². The van der Waals surface area contributed by atoms with E-state index in [0.717, 1.165) is 12.1 Å². The van der Waals surface area contributed by atoms with Gasteiger partial charge >= 0.3 is 6.18 Å². The summed E-state index contributed by atoms with van der Waals surface area (Å²) in [6.45, 7) is 3.39. The van der Waals surface area contributed by atoms with Gasteiger partial charge < -0.3 is 10.4 Å². The maximum absolute atomic E-state index is 13.2. The molecule has 0 radical (unpaired) electrons. The van der Waals surface area contributed by atoms with E-state index in [1.54, 1.807) is 0 Å². The summed E-state index contributed by atoms with van der Waals surface area (Å²) in [6.07, 6.45) is -4.90. The number of rotatable bonds is 5. The Kier molecular flexibility index (Phi) is 5.91. The fraction of sp³-hybridized carbons (Fsp3) is 0.316. The van der Waals surface area contributed by atoms with Crippen molar-refractivity contribution in [2.24, 2.45) is 0 Å². The van der Waals surface area contributed by atoms with Gasteiger partial charge in [-0.1, -0.05) is 25.1 Å². The second kappa shape index (κ2) is 7.56. The summed E-state index contributed by atoms with van der Waals surface area (Å²) in [5.74, 6) is -0.519. The van der Waals surface area contributed by atoms with Gasteiger partial charge in [-0.15, -0.1) is 0 Å². The first-order valence-electron chi connectivity index (χ1n) is 8.34. The van der Waals surface area contributed by atoms with E-state index in [4.69, 9.17) is 0 Å². The average molecular weight is 415 g/mol. The van der Waals surface area contributed by atoms with Crippen LogP contribution in [-0.2, 0) is 20.2 Å². The number of sulfone groups is 1. The van der Waals surface area contributed by atoms with Gasteiger partial charge in [0.1, 0.15) is 0 Å². The number of hydrogen-bond acceptors (Lipinski definition) is 4. The Bertz CT molecular complexity index is 981. The Morgan fingerprint density at radius 1 is 1.11 bits per heavy atom. The maximum atomic E-state index is 13.2. The molecule has 1 unspecified atom stereocenters. The molecule has 0 heterocycles. The van der Waals surface area contributed by atoms with E-state index in [-0.39, 0.29) is 21.9 Å². The van der Waals surface area contributed by atoms with E-state index in [9.17, 15) is 31.5 Å². The molecule has 2 aromatic carbocycles. The summed E-state index contributed by atoms with van der Waals surface area (Å²) in [6, 6.07) is 9.05. The van der Waals surface area contributed by atoms with E-state index in [0.29, 0.717) is 12.5 Å². The number of alkyl halides is 3. The van der Waals surface area contributed by atoms with Crippen LogP contribution in [0.1, 0.15) is 26.3 Å². The number of anilines is 1. The Labute approximate surface area is 161 Å². The highest BCUT2D eigenvalue weighted by atomic mass is 32.2. The van der Waals surface area contributed by atoms with E-state index in [2.05, 4.69) is 5.32 Å². The smallest absolute Gasteiger partial charge is 0.376 e. The van der Waals surface area contributed by atoms with Crippen LogP contribution in [0, 0.1) is 0 Å². The van der Waals surface area contributed by atoms with Gasteiger partial charge in [-0.3, -0.25) is 4.79 Å². The molecule has 2 aromatic rings. The summed E-state index contributed by atoms with van der Waals surface area (Å²) in [4.78, 5) is 11.5. The van der Waals surface area contributed by atoms with E-state index in [1.165, 1.54) is 44.2 Å². The minimum Gasteiger partial charge on any atom is -0.376 e. The van der Waals surface area contributed by atoms with Gasteiger partial charge in [0.15, 0.2) is 15.4 Å². The molecule has 0 saturated carbocycles. The molecule has 0 aliphatic heterocycles. The molecule has 2 N–H and O–H groups in total. The monoisotopic (exact) mass is 415 g/mol. The molecule has 2 rings (SSSR count). The summed E-state index contributed by atoms with van der Waals surface area (Å²) >= 11 is 0. The lowest BCUT2D eigenvalue weighted by Crippen LogP contribution is -2.39. The number of hydrogen-bond donors (Lipinski definition) is 2. The maximum Gasteiger partial charge on any atom is 0.421 e. The first-order chi connectivity index (χ1) is 12.8. The Morgan fingerprint density at radius 2 is 1.68 bits per heavy atom. The summed E-state index contributed by atoms with van der Waals surface area (Å²) in [5.41, 5.74) is -2.66. The van der Waals surface area contributed by atoms with Gasteiger partial charge in [0.2, 0.25) is 5.91 Å². The van der Waals surface area contributed by atoms with E-state index >= 15 is 0 Å². The Balaban J connectivity index is 2.63. The molecule has 0 saturated heterocycles. The number of carbonyl (C=O) groups is 1. The van der Waals surface area contributed by atoms with Crippen LogP contribution < -0.4 is 5.32 Å². The van der Waals surface area contributed by atoms with Crippen LogP contribution in [0.3, 0.4) is 0 Å². The molecule has 1 atom stereocenters. The molecular formula is C19H20F3NO4S. The van der Waals surface area contributed by atoms with Gasteiger partial charge in [-0.2, -0.15) is 13.2 Å². The van der Waals surface area contributed by atoms with E-state index < -0.39 is 33.1 Å². The molecule has 0 spiro atoms. The van der Waals surface area contributed by atoms with Crippen molar-refractivity contribution in [3.63, 3.8) is 0 Å². The molecular weight excluding hydrogens is 395 g/mol. The summed E-state index contributed by atoms with van der Waals surface area (Å²) < 4.78 is 63.5. The Morgan fingerprint density at radius 3 is 2.14 bits per heavy atom. The quantitative estimate of drug-likeness (QED) is 0.777. The first kappa shape index (κ1) is 21.9. The van der Waals surface area contributed by atoms with Crippen LogP contribution >= 0.6 is 0 Å². The van der Waals surface area contributed by atoms with Crippen molar-refractivity contribution in [2.45, 2.75) is 37.4 Å². The van der Waals surface area contributed by atoms with Gasteiger partial charge in [-0.05, 0) is 42.3 Å². The summed E-state index contributed by atoms with van der Waals surface area (Å²) in [5, 5.41) is 12.5. The van der Waals surface area contributed by atoms with Crippen molar-refractivity contribution < 1.29 is 31.5 Å². The molecule has 0 fully saturated rings. The zero-order chi connectivity index (χ0) is 21.3. The average Bonchev–Trinajstić information content (AvgIpc) is 2.60. The minimum absolute atomic E-state index is 0.0817. The molecule has 28 heavy (non-hydrogen) atoms. The number of amides is 1. The predicted molar refractivity (Wildman–Crippen MR) is 99.5 cm³/mol. The zero-order valence-corrected chi connectivity index (χ0v) is 16.3. The molecule has 1 amide bonds. The highest BCUT2D eigenvalue weighted by Gasteiger charge is 2.51. The Hall–Kier alpha value is -2.39. The highest BCUT2D eigenvalue weighted by molar-refractivity contribution is 7.91. The lowest BCUT2D eigenvalue weighted by atomic mass is 9.91. The third-order valence-electron chi connectivity index (χ3n) is 4.35. The SMILES string of the molecule is CCS(=O)(=O)c1ccc(-c2cc(C(C)(O)C(F)(F)F)ccc2NC(C)=O)cc1.